The summed E-state index contributed by atoms with van der Waals surface area (Å²) in [7, 11) is 0. The van der Waals surface area contributed by atoms with E-state index in [9.17, 15) is 9.59 Å². The third-order valence-corrected chi connectivity index (χ3v) is 8.23. The summed E-state index contributed by atoms with van der Waals surface area (Å²) in [5.74, 6) is -0.659. The number of hydrogen-bond donors (Lipinski definition) is 1. The fourth-order valence-corrected chi connectivity index (χ4v) is 6.28. The van der Waals surface area contributed by atoms with Gasteiger partial charge >= 0.3 is 5.97 Å². The summed E-state index contributed by atoms with van der Waals surface area (Å²) in [5.41, 5.74) is 4.69. The van der Waals surface area contributed by atoms with Gasteiger partial charge in [-0.15, -0.1) is 22.7 Å². The third-order valence-electron chi connectivity index (χ3n) is 5.92. The number of esters is 1. The van der Waals surface area contributed by atoms with Gasteiger partial charge < -0.3 is 10.1 Å². The fourth-order valence-electron chi connectivity index (χ4n) is 4.12. The Hall–Kier alpha value is -3.74. The summed E-state index contributed by atoms with van der Waals surface area (Å²) in [6, 6.07) is 28.1. The van der Waals surface area contributed by atoms with Crippen molar-refractivity contribution in [2.24, 2.45) is 0 Å². The first-order chi connectivity index (χ1) is 17.5. The van der Waals surface area contributed by atoms with Crippen molar-refractivity contribution < 1.29 is 14.3 Å². The molecule has 1 amide bonds. The van der Waals surface area contributed by atoms with Gasteiger partial charge in [0.2, 0.25) is 0 Å². The van der Waals surface area contributed by atoms with Crippen LogP contribution in [0.5, 0.6) is 0 Å². The average molecular weight is 512 g/mol. The highest BCUT2D eigenvalue weighted by Gasteiger charge is 2.23. The first kappa shape index (κ1) is 24.0. The number of benzene rings is 3. The van der Waals surface area contributed by atoms with Gasteiger partial charge in [0.1, 0.15) is 5.00 Å². The largest absolute Gasteiger partial charge is 0.462 e. The Kier molecular flexibility index (Phi) is 6.98. The zero-order valence-electron chi connectivity index (χ0n) is 20.0. The number of rotatable bonds is 7. The highest BCUT2D eigenvalue weighted by molar-refractivity contribution is 7.22. The van der Waals surface area contributed by atoms with Gasteiger partial charge in [0, 0.05) is 9.58 Å². The molecule has 1 N–H and O–H groups in total. The van der Waals surface area contributed by atoms with Crippen LogP contribution in [0.3, 0.4) is 0 Å². The van der Waals surface area contributed by atoms with Crippen LogP contribution in [0.4, 0.5) is 5.00 Å². The summed E-state index contributed by atoms with van der Waals surface area (Å²) < 4.78 is 6.35. The lowest BCUT2D eigenvalue weighted by Gasteiger charge is -2.08. The van der Waals surface area contributed by atoms with Gasteiger partial charge in [0.25, 0.3) is 5.91 Å². The second-order valence-electron chi connectivity index (χ2n) is 8.46. The smallest absolute Gasteiger partial charge is 0.341 e. The Morgan fingerprint density at radius 3 is 2.36 bits per heavy atom. The lowest BCUT2D eigenvalue weighted by molar-refractivity contribution is 0.0528. The summed E-state index contributed by atoms with van der Waals surface area (Å²) in [6.45, 7) is 4.10. The van der Waals surface area contributed by atoms with Crippen LogP contribution in [0.1, 0.15) is 43.6 Å². The second kappa shape index (κ2) is 10.5. The number of hydrogen-bond acceptors (Lipinski definition) is 5. The van der Waals surface area contributed by atoms with E-state index in [-0.39, 0.29) is 12.5 Å². The zero-order chi connectivity index (χ0) is 25.1. The molecule has 0 aliphatic rings. The number of thiophene rings is 2. The Balaban J connectivity index is 1.53. The zero-order valence-corrected chi connectivity index (χ0v) is 21.7. The van der Waals surface area contributed by atoms with Crippen LogP contribution in [0, 0.1) is 6.92 Å². The molecule has 180 valence electrons. The van der Waals surface area contributed by atoms with Crippen molar-refractivity contribution in [1.82, 2.24) is 0 Å². The van der Waals surface area contributed by atoms with E-state index in [1.54, 1.807) is 13.0 Å². The van der Waals surface area contributed by atoms with Crippen LogP contribution in [-0.4, -0.2) is 18.5 Å². The topological polar surface area (TPSA) is 55.4 Å². The minimum Gasteiger partial charge on any atom is -0.462 e. The quantitative estimate of drug-likeness (QED) is 0.226. The number of carbonyl (C=O) groups is 2. The molecule has 0 saturated heterocycles. The Labute approximate surface area is 218 Å². The summed E-state index contributed by atoms with van der Waals surface area (Å²) in [5, 5.41) is 4.62. The molecule has 4 nitrogen and oxygen atoms in total. The van der Waals surface area contributed by atoms with Crippen molar-refractivity contribution >= 4 is 49.6 Å². The Morgan fingerprint density at radius 1 is 0.889 bits per heavy atom. The minimum atomic E-state index is -0.442. The molecule has 2 heterocycles. The van der Waals surface area contributed by atoms with E-state index in [1.165, 1.54) is 28.2 Å². The van der Waals surface area contributed by atoms with E-state index in [2.05, 4.69) is 42.6 Å². The number of aryl methyl sites for hydroxylation is 1. The van der Waals surface area contributed by atoms with Crippen LogP contribution in [-0.2, 0) is 11.2 Å². The average Bonchev–Trinajstić information content (AvgIpc) is 3.48. The van der Waals surface area contributed by atoms with E-state index in [4.69, 9.17) is 4.74 Å². The number of fused-ring (bicyclic) bond motifs is 1. The van der Waals surface area contributed by atoms with Gasteiger partial charge in [-0.05, 0) is 54.5 Å². The third kappa shape index (κ3) is 4.96. The Bertz CT molecular complexity index is 1530. The molecule has 0 bridgehead atoms. The molecule has 6 heteroatoms. The standard InChI is InChI=1S/C30H25NO3S2/c1-3-34-30(33)24-18-26(21-9-5-4-6-10-21)36-29(24)31-28(32)27-23(17-20-15-13-19(2)14-16-20)22-11-7-8-12-25(22)35-27/h4-16,18H,3,17H2,1-2H3,(H,31,32). The van der Waals surface area contributed by atoms with Crippen LogP contribution in [0.15, 0.2) is 84.9 Å². The molecule has 36 heavy (non-hydrogen) atoms. The summed E-state index contributed by atoms with van der Waals surface area (Å²) in [6.07, 6.45) is 0.650. The molecular formula is C30H25NO3S2. The number of amides is 1. The van der Waals surface area contributed by atoms with Crippen molar-refractivity contribution in [2.75, 3.05) is 11.9 Å². The number of anilines is 1. The predicted molar refractivity (Wildman–Crippen MR) is 149 cm³/mol. The normalized spacial score (nSPS) is 10.9. The molecular weight excluding hydrogens is 486 g/mol. The lowest BCUT2D eigenvalue weighted by Crippen LogP contribution is -2.14. The predicted octanol–water partition coefficient (Wildman–Crippen LogP) is 7.96. The molecule has 5 rings (SSSR count). The van der Waals surface area contributed by atoms with Crippen molar-refractivity contribution in [1.29, 1.82) is 0 Å². The van der Waals surface area contributed by atoms with E-state index < -0.39 is 5.97 Å². The fraction of sp³-hybridized carbons (Fsp3) is 0.133. The first-order valence-corrected chi connectivity index (χ1v) is 13.4. The van der Waals surface area contributed by atoms with E-state index >= 15 is 0 Å². The minimum absolute atomic E-state index is 0.217. The SMILES string of the molecule is CCOC(=O)c1cc(-c2ccccc2)sc1NC(=O)c1sc2ccccc2c1Cc1ccc(C)cc1. The van der Waals surface area contributed by atoms with Gasteiger partial charge in [-0.1, -0.05) is 78.4 Å². The maximum atomic E-state index is 13.7. The highest BCUT2D eigenvalue weighted by Crippen LogP contribution is 2.38. The number of ether oxygens (including phenoxy) is 1. The number of carbonyl (C=O) groups excluding carboxylic acids is 2. The van der Waals surface area contributed by atoms with Gasteiger partial charge in [0.15, 0.2) is 0 Å². The van der Waals surface area contributed by atoms with E-state index in [0.717, 1.165) is 31.7 Å². The maximum Gasteiger partial charge on any atom is 0.341 e. The van der Waals surface area contributed by atoms with Crippen LogP contribution < -0.4 is 5.32 Å². The first-order valence-electron chi connectivity index (χ1n) is 11.8. The molecule has 5 aromatic rings. The highest BCUT2D eigenvalue weighted by atomic mass is 32.1. The molecule has 0 unspecified atom stereocenters. The molecule has 0 fully saturated rings. The van der Waals surface area contributed by atoms with Crippen molar-refractivity contribution in [3.05, 3.63) is 112 Å². The number of nitrogens with one attached hydrogen (secondary N) is 1. The molecule has 0 aliphatic carbocycles. The molecule has 2 aromatic heterocycles. The van der Waals surface area contributed by atoms with E-state index in [0.29, 0.717) is 21.9 Å². The van der Waals surface area contributed by atoms with Gasteiger partial charge in [-0.2, -0.15) is 0 Å². The molecule has 0 spiro atoms. The summed E-state index contributed by atoms with van der Waals surface area (Å²) >= 11 is 2.86. The van der Waals surface area contributed by atoms with Gasteiger partial charge in [0.05, 0.1) is 17.0 Å². The monoisotopic (exact) mass is 511 g/mol. The van der Waals surface area contributed by atoms with Crippen molar-refractivity contribution in [3.8, 4) is 10.4 Å². The summed E-state index contributed by atoms with van der Waals surface area (Å²) in [4.78, 5) is 28.0. The van der Waals surface area contributed by atoms with Gasteiger partial charge in [-0.3, -0.25) is 4.79 Å². The second-order valence-corrected chi connectivity index (χ2v) is 10.6. The van der Waals surface area contributed by atoms with Gasteiger partial charge in [-0.25, -0.2) is 4.79 Å². The molecule has 0 radical (unpaired) electrons. The van der Waals surface area contributed by atoms with Crippen LogP contribution in [0.2, 0.25) is 0 Å². The molecule has 3 aromatic carbocycles. The maximum absolute atomic E-state index is 13.7. The van der Waals surface area contributed by atoms with Crippen molar-refractivity contribution in [2.45, 2.75) is 20.3 Å². The molecule has 0 saturated carbocycles. The van der Waals surface area contributed by atoms with E-state index in [1.807, 2.05) is 48.5 Å². The van der Waals surface area contributed by atoms with Crippen LogP contribution in [0.25, 0.3) is 20.5 Å². The molecule has 0 atom stereocenters. The van der Waals surface area contributed by atoms with Crippen LogP contribution >= 0.6 is 22.7 Å². The lowest BCUT2D eigenvalue weighted by atomic mass is 10.0. The Morgan fingerprint density at radius 2 is 1.61 bits per heavy atom. The van der Waals surface area contributed by atoms with Crippen molar-refractivity contribution in [3.63, 3.8) is 0 Å². The molecule has 0 aliphatic heterocycles.